The van der Waals surface area contributed by atoms with E-state index in [-0.39, 0.29) is 21.3 Å². The Morgan fingerprint density at radius 2 is 2.05 bits per heavy atom. The quantitative estimate of drug-likeness (QED) is 0.852. The second-order valence-corrected chi connectivity index (χ2v) is 5.73. The third-order valence-corrected chi connectivity index (χ3v) is 3.94. The van der Waals surface area contributed by atoms with Crippen LogP contribution in [0.15, 0.2) is 41.6 Å². The van der Waals surface area contributed by atoms with Gasteiger partial charge in [0.15, 0.2) is 5.82 Å². The standard InChI is InChI=1S/C11H9ClFN3O2S/c12-7-1-2-9(14)11(5-7)19(17,18)16-10-3-4-15-6-8(10)13/h1-6H,14H2,(H,15,16). The van der Waals surface area contributed by atoms with E-state index in [0.717, 1.165) is 6.20 Å². The minimum Gasteiger partial charge on any atom is -0.398 e. The second kappa shape index (κ2) is 5.02. The van der Waals surface area contributed by atoms with Crippen LogP contribution in [0.2, 0.25) is 5.02 Å². The van der Waals surface area contributed by atoms with E-state index in [2.05, 4.69) is 9.71 Å². The van der Waals surface area contributed by atoms with Gasteiger partial charge in [0, 0.05) is 11.2 Å². The van der Waals surface area contributed by atoms with Crippen LogP contribution in [0.25, 0.3) is 0 Å². The number of benzene rings is 1. The summed E-state index contributed by atoms with van der Waals surface area (Å²) in [7, 11) is -4.02. The Hall–Kier alpha value is -1.86. The van der Waals surface area contributed by atoms with Crippen LogP contribution in [-0.4, -0.2) is 13.4 Å². The molecule has 2 rings (SSSR count). The number of nitrogen functional groups attached to an aromatic ring is 1. The first-order valence-electron chi connectivity index (χ1n) is 5.07. The lowest BCUT2D eigenvalue weighted by Gasteiger charge is -2.10. The van der Waals surface area contributed by atoms with Crippen molar-refractivity contribution in [3.8, 4) is 0 Å². The molecule has 0 atom stereocenters. The number of nitrogens with zero attached hydrogens (tertiary/aromatic N) is 1. The Kier molecular flexibility index (Phi) is 3.59. The van der Waals surface area contributed by atoms with E-state index in [1.165, 1.54) is 30.5 Å². The molecule has 1 aromatic heterocycles. The Morgan fingerprint density at radius 1 is 1.32 bits per heavy atom. The van der Waals surface area contributed by atoms with Gasteiger partial charge in [0.25, 0.3) is 10.0 Å². The van der Waals surface area contributed by atoms with Gasteiger partial charge in [-0.1, -0.05) is 11.6 Å². The van der Waals surface area contributed by atoms with Gasteiger partial charge in [0.2, 0.25) is 0 Å². The van der Waals surface area contributed by atoms with Crippen molar-refractivity contribution in [1.29, 1.82) is 0 Å². The molecular formula is C11H9ClFN3O2S. The summed E-state index contributed by atoms with van der Waals surface area (Å²) in [5, 5.41) is 0.213. The maximum atomic E-state index is 13.4. The highest BCUT2D eigenvalue weighted by molar-refractivity contribution is 7.92. The Morgan fingerprint density at radius 3 is 2.74 bits per heavy atom. The molecule has 0 saturated carbocycles. The average molecular weight is 302 g/mol. The van der Waals surface area contributed by atoms with Gasteiger partial charge < -0.3 is 5.73 Å². The molecular weight excluding hydrogens is 293 g/mol. The van der Waals surface area contributed by atoms with Gasteiger partial charge in [0.1, 0.15) is 4.90 Å². The molecule has 0 aliphatic carbocycles. The number of aromatic nitrogens is 1. The summed E-state index contributed by atoms with van der Waals surface area (Å²) in [5.41, 5.74) is 5.39. The Bertz CT molecular complexity index is 722. The molecule has 0 fully saturated rings. The molecule has 0 bridgehead atoms. The molecule has 0 aliphatic rings. The van der Waals surface area contributed by atoms with Crippen molar-refractivity contribution >= 4 is 33.0 Å². The summed E-state index contributed by atoms with van der Waals surface area (Å²) in [5.74, 6) is -0.785. The summed E-state index contributed by atoms with van der Waals surface area (Å²) in [4.78, 5) is 3.31. The minimum atomic E-state index is -4.02. The highest BCUT2D eigenvalue weighted by Crippen LogP contribution is 2.25. The van der Waals surface area contributed by atoms with Crippen LogP contribution in [-0.2, 0) is 10.0 Å². The lowest BCUT2D eigenvalue weighted by molar-refractivity contribution is 0.598. The van der Waals surface area contributed by atoms with Crippen molar-refractivity contribution < 1.29 is 12.8 Å². The molecule has 2 aromatic rings. The topological polar surface area (TPSA) is 85.1 Å². The molecule has 3 N–H and O–H groups in total. The summed E-state index contributed by atoms with van der Waals surface area (Å²) < 4.78 is 39.6. The van der Waals surface area contributed by atoms with E-state index in [1.54, 1.807) is 0 Å². The van der Waals surface area contributed by atoms with Crippen LogP contribution >= 0.6 is 11.6 Å². The zero-order valence-corrected chi connectivity index (χ0v) is 11.0. The molecule has 19 heavy (non-hydrogen) atoms. The van der Waals surface area contributed by atoms with Crippen molar-refractivity contribution in [1.82, 2.24) is 4.98 Å². The highest BCUT2D eigenvalue weighted by atomic mass is 35.5. The number of hydrogen-bond donors (Lipinski definition) is 2. The fourth-order valence-electron chi connectivity index (χ4n) is 1.40. The third-order valence-electron chi connectivity index (χ3n) is 2.28. The molecule has 0 radical (unpaired) electrons. The van der Waals surface area contributed by atoms with E-state index >= 15 is 0 Å². The van der Waals surface area contributed by atoms with Crippen LogP contribution in [0.4, 0.5) is 15.8 Å². The lowest BCUT2D eigenvalue weighted by Crippen LogP contribution is -2.15. The molecule has 0 spiro atoms. The SMILES string of the molecule is Nc1ccc(Cl)cc1S(=O)(=O)Nc1ccncc1F. The zero-order chi connectivity index (χ0) is 14.0. The number of sulfonamides is 1. The van der Waals surface area contributed by atoms with Gasteiger partial charge >= 0.3 is 0 Å². The van der Waals surface area contributed by atoms with Gasteiger partial charge in [-0.15, -0.1) is 0 Å². The molecule has 1 aromatic carbocycles. The average Bonchev–Trinajstić information content (AvgIpc) is 2.35. The summed E-state index contributed by atoms with van der Waals surface area (Å²) in [6, 6.07) is 5.22. The Labute approximate surface area is 114 Å². The number of nitrogens with one attached hydrogen (secondary N) is 1. The van der Waals surface area contributed by atoms with E-state index in [4.69, 9.17) is 17.3 Å². The number of nitrogens with two attached hydrogens (primary N) is 1. The summed E-state index contributed by atoms with van der Waals surface area (Å²) in [6.45, 7) is 0. The van der Waals surface area contributed by atoms with Crippen LogP contribution in [0.5, 0.6) is 0 Å². The van der Waals surface area contributed by atoms with Gasteiger partial charge in [-0.25, -0.2) is 12.8 Å². The van der Waals surface area contributed by atoms with Crippen LogP contribution < -0.4 is 10.5 Å². The summed E-state index contributed by atoms with van der Waals surface area (Å²) in [6.07, 6.45) is 2.17. The van der Waals surface area contributed by atoms with Crippen LogP contribution in [0, 0.1) is 5.82 Å². The normalized spacial score (nSPS) is 11.3. The largest absolute Gasteiger partial charge is 0.398 e. The highest BCUT2D eigenvalue weighted by Gasteiger charge is 2.19. The van der Waals surface area contributed by atoms with E-state index < -0.39 is 15.8 Å². The van der Waals surface area contributed by atoms with Crippen LogP contribution in [0.1, 0.15) is 0 Å². The maximum Gasteiger partial charge on any atom is 0.264 e. The van der Waals surface area contributed by atoms with Gasteiger partial charge in [-0.3, -0.25) is 9.71 Å². The first-order chi connectivity index (χ1) is 8.90. The van der Waals surface area contributed by atoms with Crippen molar-refractivity contribution in [3.05, 3.63) is 47.5 Å². The molecule has 1 heterocycles. The van der Waals surface area contributed by atoms with Gasteiger partial charge in [-0.2, -0.15) is 0 Å². The van der Waals surface area contributed by atoms with Crippen molar-refractivity contribution in [2.45, 2.75) is 4.90 Å². The molecule has 5 nitrogen and oxygen atoms in total. The number of pyridine rings is 1. The van der Waals surface area contributed by atoms with Crippen molar-refractivity contribution in [2.24, 2.45) is 0 Å². The molecule has 0 amide bonds. The van der Waals surface area contributed by atoms with Gasteiger partial charge in [-0.05, 0) is 24.3 Å². The smallest absolute Gasteiger partial charge is 0.264 e. The monoisotopic (exact) mass is 301 g/mol. The predicted molar refractivity (Wildman–Crippen MR) is 70.9 cm³/mol. The molecule has 8 heteroatoms. The van der Waals surface area contributed by atoms with Crippen molar-refractivity contribution in [3.63, 3.8) is 0 Å². The van der Waals surface area contributed by atoms with Gasteiger partial charge in [0.05, 0.1) is 17.6 Å². The molecule has 100 valence electrons. The first-order valence-corrected chi connectivity index (χ1v) is 6.93. The van der Waals surface area contributed by atoms with E-state index in [0.29, 0.717) is 0 Å². The van der Waals surface area contributed by atoms with E-state index in [9.17, 15) is 12.8 Å². The fraction of sp³-hybridized carbons (Fsp3) is 0. The maximum absolute atomic E-state index is 13.4. The number of rotatable bonds is 3. The number of hydrogen-bond acceptors (Lipinski definition) is 4. The molecule has 0 saturated heterocycles. The zero-order valence-electron chi connectivity index (χ0n) is 9.47. The van der Waals surface area contributed by atoms with Crippen molar-refractivity contribution in [2.75, 3.05) is 10.5 Å². The van der Waals surface area contributed by atoms with Crippen LogP contribution in [0.3, 0.4) is 0 Å². The summed E-state index contributed by atoms with van der Waals surface area (Å²) >= 11 is 5.73. The lowest BCUT2D eigenvalue weighted by atomic mass is 10.3. The molecule has 0 unspecified atom stereocenters. The van der Waals surface area contributed by atoms with E-state index in [1.807, 2.05) is 0 Å². The third kappa shape index (κ3) is 2.94. The number of anilines is 2. The fourth-order valence-corrected chi connectivity index (χ4v) is 2.86. The minimum absolute atomic E-state index is 0.0198. The molecule has 0 aliphatic heterocycles. The first kappa shape index (κ1) is 13.6. The second-order valence-electron chi connectivity index (χ2n) is 3.64. The number of halogens is 2. The Balaban J connectivity index is 2.44. The predicted octanol–water partition coefficient (Wildman–Crippen LogP) is 2.26.